The lowest BCUT2D eigenvalue weighted by atomic mass is 10.1. The van der Waals surface area contributed by atoms with Gasteiger partial charge in [-0.25, -0.2) is 0 Å². The molecule has 0 spiro atoms. The zero-order valence-corrected chi connectivity index (χ0v) is 12.0. The van der Waals surface area contributed by atoms with Gasteiger partial charge in [-0.15, -0.1) is 0 Å². The first kappa shape index (κ1) is 15.7. The predicted molar refractivity (Wildman–Crippen MR) is 72.9 cm³/mol. The van der Waals surface area contributed by atoms with Crippen LogP contribution < -0.4 is 0 Å². The average Bonchev–Trinajstić information content (AvgIpc) is 2.38. The zero-order valence-electron chi connectivity index (χ0n) is 10.5. The number of alkyl halides is 2. The van der Waals surface area contributed by atoms with Crippen molar-refractivity contribution >= 4 is 23.2 Å². The van der Waals surface area contributed by atoms with Crippen LogP contribution in [-0.2, 0) is 9.47 Å². The second-order valence-corrected chi connectivity index (χ2v) is 5.17. The van der Waals surface area contributed by atoms with Gasteiger partial charge in [-0.1, -0.05) is 53.5 Å². The van der Waals surface area contributed by atoms with E-state index in [0.29, 0.717) is 18.8 Å². The summed E-state index contributed by atoms with van der Waals surface area (Å²) in [6.07, 6.45) is -1.98. The van der Waals surface area contributed by atoms with E-state index in [1.807, 2.05) is 19.9 Å². The molecule has 0 radical (unpaired) electrons. The summed E-state index contributed by atoms with van der Waals surface area (Å²) in [6.45, 7) is 4.41. The highest BCUT2D eigenvalue weighted by molar-refractivity contribution is 6.49. The Kier molecular flexibility index (Phi) is 6.39. The van der Waals surface area contributed by atoms with Crippen LogP contribution in [0.1, 0.15) is 25.5 Å². The first-order valence-corrected chi connectivity index (χ1v) is 6.63. The molecule has 102 valence electrons. The third-order valence-electron chi connectivity index (χ3n) is 2.43. The van der Waals surface area contributed by atoms with Crippen molar-refractivity contribution in [1.82, 2.24) is 0 Å². The number of benzene rings is 1. The normalized spacial score (nSPS) is 13.9. The summed E-state index contributed by atoms with van der Waals surface area (Å²) in [5.74, 6) is 0. The Bertz CT molecular complexity index is 337. The summed E-state index contributed by atoms with van der Waals surface area (Å²) in [7, 11) is 0. The van der Waals surface area contributed by atoms with Crippen LogP contribution >= 0.6 is 23.2 Å². The molecule has 1 rings (SSSR count). The van der Waals surface area contributed by atoms with E-state index in [4.69, 9.17) is 32.7 Å². The minimum atomic E-state index is -1.56. The molecule has 0 bridgehead atoms. The molecule has 0 heterocycles. The third-order valence-corrected chi connectivity index (χ3v) is 3.20. The molecule has 3 nitrogen and oxygen atoms in total. The number of aliphatic hydroxyl groups excluding tert-OH is 1. The van der Waals surface area contributed by atoms with Gasteiger partial charge in [0.05, 0.1) is 0 Å². The van der Waals surface area contributed by atoms with Crippen LogP contribution in [0.2, 0.25) is 0 Å². The molecule has 0 aromatic heterocycles. The molecule has 0 aliphatic rings. The first-order valence-electron chi connectivity index (χ1n) is 5.88. The Morgan fingerprint density at radius 2 is 1.61 bits per heavy atom. The summed E-state index contributed by atoms with van der Waals surface area (Å²) < 4.78 is 9.13. The van der Waals surface area contributed by atoms with Gasteiger partial charge in [-0.05, 0) is 19.4 Å². The van der Waals surface area contributed by atoms with Crippen molar-refractivity contribution in [3.63, 3.8) is 0 Å². The van der Waals surface area contributed by atoms with Gasteiger partial charge < -0.3 is 14.6 Å². The highest BCUT2D eigenvalue weighted by Crippen LogP contribution is 2.40. The number of aliphatic hydroxyl groups is 1. The second-order valence-electron chi connectivity index (χ2n) is 3.73. The van der Waals surface area contributed by atoms with Crippen molar-refractivity contribution in [2.45, 2.75) is 30.6 Å². The van der Waals surface area contributed by atoms with E-state index in [0.717, 1.165) is 0 Å². The van der Waals surface area contributed by atoms with E-state index >= 15 is 0 Å². The minimum absolute atomic E-state index is 0.396. The average molecular weight is 293 g/mol. The molecule has 1 aromatic carbocycles. The number of halogens is 2. The fraction of sp³-hybridized carbons (Fsp3) is 0.538. The number of hydrogen-bond acceptors (Lipinski definition) is 3. The molecule has 1 atom stereocenters. The van der Waals surface area contributed by atoms with Gasteiger partial charge in [0.2, 0.25) is 0 Å². The van der Waals surface area contributed by atoms with Crippen LogP contribution in [-0.4, -0.2) is 28.9 Å². The third kappa shape index (κ3) is 3.84. The van der Waals surface area contributed by atoms with Crippen molar-refractivity contribution in [3.05, 3.63) is 35.9 Å². The maximum absolute atomic E-state index is 10.2. The van der Waals surface area contributed by atoms with E-state index in [2.05, 4.69) is 0 Å². The SMILES string of the molecule is CCOC(OCC)C(Cl)(Cl)C(O)c1ccccc1. The van der Waals surface area contributed by atoms with Gasteiger partial charge in [0, 0.05) is 13.2 Å². The smallest absolute Gasteiger partial charge is 0.198 e. The first-order chi connectivity index (χ1) is 8.54. The van der Waals surface area contributed by atoms with Gasteiger partial charge in [0.1, 0.15) is 6.10 Å². The maximum Gasteiger partial charge on any atom is 0.198 e. The molecule has 0 saturated heterocycles. The van der Waals surface area contributed by atoms with Crippen LogP contribution in [0.3, 0.4) is 0 Å². The number of rotatable bonds is 7. The Labute approximate surface area is 118 Å². The Balaban J connectivity index is 2.88. The van der Waals surface area contributed by atoms with Crippen molar-refractivity contribution in [1.29, 1.82) is 0 Å². The fourth-order valence-electron chi connectivity index (χ4n) is 1.56. The van der Waals surface area contributed by atoms with Gasteiger partial charge in [0.25, 0.3) is 0 Å². The molecule has 1 aromatic rings. The van der Waals surface area contributed by atoms with Crippen molar-refractivity contribution in [3.8, 4) is 0 Å². The van der Waals surface area contributed by atoms with Crippen LogP contribution in [0.25, 0.3) is 0 Å². The van der Waals surface area contributed by atoms with Gasteiger partial charge in [-0.2, -0.15) is 0 Å². The monoisotopic (exact) mass is 292 g/mol. The van der Waals surface area contributed by atoms with Gasteiger partial charge in [0.15, 0.2) is 10.6 Å². The second kappa shape index (κ2) is 7.31. The molecule has 0 amide bonds. The molecule has 0 saturated carbocycles. The largest absolute Gasteiger partial charge is 0.385 e. The van der Waals surface area contributed by atoms with Crippen LogP contribution in [0, 0.1) is 0 Å². The van der Waals surface area contributed by atoms with E-state index in [1.165, 1.54) is 0 Å². The quantitative estimate of drug-likeness (QED) is 0.619. The highest BCUT2D eigenvalue weighted by atomic mass is 35.5. The maximum atomic E-state index is 10.2. The summed E-state index contributed by atoms with van der Waals surface area (Å²) in [6, 6.07) is 8.96. The molecule has 1 unspecified atom stereocenters. The lowest BCUT2D eigenvalue weighted by Crippen LogP contribution is -2.41. The summed E-state index contributed by atoms with van der Waals surface area (Å²) in [4.78, 5) is 0. The molecule has 18 heavy (non-hydrogen) atoms. The summed E-state index contributed by atoms with van der Waals surface area (Å²) in [5.41, 5.74) is 0.618. The molecule has 0 aliphatic heterocycles. The van der Waals surface area contributed by atoms with Crippen LogP contribution in [0.5, 0.6) is 0 Å². The molecular weight excluding hydrogens is 275 g/mol. The number of hydrogen-bond donors (Lipinski definition) is 1. The highest BCUT2D eigenvalue weighted by Gasteiger charge is 2.44. The van der Waals surface area contributed by atoms with Gasteiger partial charge in [-0.3, -0.25) is 0 Å². The number of ether oxygens (including phenoxy) is 2. The van der Waals surface area contributed by atoms with Crippen LogP contribution in [0.4, 0.5) is 0 Å². The Morgan fingerprint density at radius 1 is 1.11 bits per heavy atom. The van der Waals surface area contributed by atoms with E-state index in [-0.39, 0.29) is 0 Å². The van der Waals surface area contributed by atoms with E-state index in [9.17, 15) is 5.11 Å². The fourth-order valence-corrected chi connectivity index (χ4v) is 2.06. The standard InChI is InChI=1S/C13H18Cl2O3/c1-3-17-12(18-4-2)13(14,15)11(16)10-8-6-5-7-9-10/h5-9,11-12,16H,3-4H2,1-2H3. The van der Waals surface area contributed by atoms with Gasteiger partial charge >= 0.3 is 0 Å². The van der Waals surface area contributed by atoms with E-state index < -0.39 is 16.7 Å². The topological polar surface area (TPSA) is 38.7 Å². The van der Waals surface area contributed by atoms with Crippen molar-refractivity contribution in [2.24, 2.45) is 0 Å². The predicted octanol–water partition coefficient (Wildman–Crippen LogP) is 3.29. The Hall–Kier alpha value is -0.320. The van der Waals surface area contributed by atoms with E-state index in [1.54, 1.807) is 24.3 Å². The van der Waals surface area contributed by atoms with Crippen molar-refractivity contribution in [2.75, 3.05) is 13.2 Å². The molecule has 0 aliphatic carbocycles. The zero-order chi connectivity index (χ0) is 13.6. The van der Waals surface area contributed by atoms with Crippen LogP contribution in [0.15, 0.2) is 30.3 Å². The molecule has 0 fully saturated rings. The lowest BCUT2D eigenvalue weighted by molar-refractivity contribution is -0.159. The lowest BCUT2D eigenvalue weighted by Gasteiger charge is -2.33. The minimum Gasteiger partial charge on any atom is -0.385 e. The Morgan fingerprint density at radius 3 is 2.06 bits per heavy atom. The summed E-state index contributed by atoms with van der Waals surface area (Å²) >= 11 is 12.4. The summed E-state index contributed by atoms with van der Waals surface area (Å²) in [5, 5.41) is 10.2. The molecule has 1 N–H and O–H groups in total. The van der Waals surface area contributed by atoms with Crippen molar-refractivity contribution < 1.29 is 14.6 Å². The molecular formula is C13H18Cl2O3. The molecule has 5 heteroatoms.